The predicted molar refractivity (Wildman–Crippen MR) is 60.9 cm³/mol. The van der Waals surface area contributed by atoms with Gasteiger partial charge in [-0.15, -0.1) is 0 Å². The van der Waals surface area contributed by atoms with E-state index in [1.807, 2.05) is 0 Å². The molecule has 0 aliphatic carbocycles. The van der Waals surface area contributed by atoms with Crippen LogP contribution in [0.3, 0.4) is 0 Å². The van der Waals surface area contributed by atoms with Gasteiger partial charge in [0.2, 0.25) is 10.9 Å². The Balaban J connectivity index is 3.13. The molecule has 0 aliphatic heterocycles. The highest BCUT2D eigenvalue weighted by Crippen LogP contribution is 2.06. The molecule has 0 unspecified atom stereocenters. The van der Waals surface area contributed by atoms with Crippen molar-refractivity contribution in [2.45, 2.75) is 51.9 Å². The molecule has 0 amide bonds. The fourth-order valence-corrected chi connectivity index (χ4v) is 1.68. The molecule has 0 saturated carbocycles. The Kier molecular flexibility index (Phi) is 9.40. The van der Waals surface area contributed by atoms with Crippen molar-refractivity contribution in [2.75, 3.05) is 13.6 Å². The molecule has 0 saturated heterocycles. The number of hydrogen-bond donors (Lipinski definition) is 1. The highest BCUT2D eigenvalue weighted by molar-refractivity contribution is 7.69. The highest BCUT2D eigenvalue weighted by Gasteiger charge is 1.98. The Hall–Kier alpha value is -0.0900. The first-order valence-electron chi connectivity index (χ1n) is 5.54. The Morgan fingerprint density at radius 3 is 1.93 bits per heavy atom. The van der Waals surface area contributed by atoms with Crippen molar-refractivity contribution >= 4 is 10.9 Å². The zero-order valence-corrected chi connectivity index (χ0v) is 10.3. The fourth-order valence-electron chi connectivity index (χ4n) is 1.38. The summed E-state index contributed by atoms with van der Waals surface area (Å²) in [7, 11) is -0.731. The van der Waals surface area contributed by atoms with E-state index in [4.69, 9.17) is 0 Å². The van der Waals surface area contributed by atoms with Crippen LogP contribution in [-0.2, 0) is 10.9 Å². The van der Waals surface area contributed by atoms with Crippen LogP contribution in [0.2, 0.25) is 0 Å². The van der Waals surface area contributed by atoms with Gasteiger partial charge in [0.25, 0.3) is 0 Å². The van der Waals surface area contributed by atoms with Gasteiger partial charge in [0.05, 0.1) is 0 Å². The standard InChI is InChI=1S/C10H23NO2S/c1-3-4-5-6-7-8-9-10-11(2)14(12)13/h14H,3-10H2,1-2H3. The first-order valence-corrected chi connectivity index (χ1v) is 6.67. The van der Waals surface area contributed by atoms with Crippen LogP contribution in [0.4, 0.5) is 0 Å². The summed E-state index contributed by atoms with van der Waals surface area (Å²) in [5, 5.41) is 0. The zero-order valence-electron chi connectivity index (χ0n) is 9.37. The van der Waals surface area contributed by atoms with Gasteiger partial charge in [-0.25, -0.2) is 12.7 Å². The van der Waals surface area contributed by atoms with E-state index in [1.165, 1.54) is 36.4 Å². The third kappa shape index (κ3) is 8.51. The quantitative estimate of drug-likeness (QED) is 0.479. The molecule has 0 fully saturated rings. The van der Waals surface area contributed by atoms with E-state index in [9.17, 15) is 8.42 Å². The van der Waals surface area contributed by atoms with E-state index >= 15 is 0 Å². The lowest BCUT2D eigenvalue weighted by atomic mass is 10.1. The predicted octanol–water partition coefficient (Wildman–Crippen LogP) is 2.20. The number of rotatable bonds is 9. The van der Waals surface area contributed by atoms with Gasteiger partial charge in [-0.3, -0.25) is 0 Å². The number of thiol groups is 1. The van der Waals surface area contributed by atoms with E-state index in [0.717, 1.165) is 12.8 Å². The third-order valence-corrected chi connectivity index (χ3v) is 3.12. The minimum absolute atomic E-state index is 0.673. The maximum absolute atomic E-state index is 10.5. The highest BCUT2D eigenvalue weighted by atomic mass is 32.2. The van der Waals surface area contributed by atoms with Crippen molar-refractivity contribution in [1.29, 1.82) is 0 Å². The lowest BCUT2D eigenvalue weighted by Gasteiger charge is -2.07. The van der Waals surface area contributed by atoms with E-state index in [2.05, 4.69) is 6.92 Å². The van der Waals surface area contributed by atoms with Gasteiger partial charge < -0.3 is 0 Å². The van der Waals surface area contributed by atoms with Crippen molar-refractivity contribution in [3.8, 4) is 0 Å². The van der Waals surface area contributed by atoms with Crippen LogP contribution in [0.15, 0.2) is 0 Å². The first-order chi connectivity index (χ1) is 6.68. The Bertz CT molecular complexity index is 185. The molecule has 86 valence electrons. The molecule has 3 nitrogen and oxygen atoms in total. The number of unbranched alkanes of at least 4 members (excludes halogenated alkanes) is 6. The summed E-state index contributed by atoms with van der Waals surface area (Å²) in [6.07, 6.45) is 8.60. The smallest absolute Gasteiger partial charge is 0.203 e. The van der Waals surface area contributed by atoms with Crippen LogP contribution in [0.5, 0.6) is 0 Å². The van der Waals surface area contributed by atoms with E-state index in [-0.39, 0.29) is 0 Å². The molecule has 0 atom stereocenters. The summed E-state index contributed by atoms with van der Waals surface area (Å²) in [4.78, 5) is 0. The van der Waals surface area contributed by atoms with Gasteiger partial charge in [-0.1, -0.05) is 45.4 Å². The summed E-state index contributed by atoms with van der Waals surface area (Å²) in [6, 6.07) is 0. The van der Waals surface area contributed by atoms with Crippen molar-refractivity contribution in [1.82, 2.24) is 4.31 Å². The minimum atomic E-state index is -2.36. The molecule has 14 heavy (non-hydrogen) atoms. The van der Waals surface area contributed by atoms with Crippen molar-refractivity contribution < 1.29 is 8.42 Å². The minimum Gasteiger partial charge on any atom is -0.215 e. The van der Waals surface area contributed by atoms with Crippen LogP contribution in [0.25, 0.3) is 0 Å². The molecule has 0 aliphatic rings. The van der Waals surface area contributed by atoms with Crippen LogP contribution in [-0.4, -0.2) is 26.3 Å². The molecule has 0 heterocycles. The molecule has 0 radical (unpaired) electrons. The Morgan fingerprint density at radius 1 is 0.929 bits per heavy atom. The van der Waals surface area contributed by atoms with Crippen molar-refractivity contribution in [2.24, 2.45) is 0 Å². The summed E-state index contributed by atoms with van der Waals surface area (Å²) < 4.78 is 22.3. The maximum atomic E-state index is 10.5. The first kappa shape index (κ1) is 13.9. The van der Waals surface area contributed by atoms with Gasteiger partial charge in [0.1, 0.15) is 0 Å². The van der Waals surface area contributed by atoms with Gasteiger partial charge in [0, 0.05) is 13.6 Å². The average Bonchev–Trinajstić information content (AvgIpc) is 2.16. The molecule has 0 aromatic rings. The molecule has 0 aromatic carbocycles. The Morgan fingerprint density at radius 2 is 1.43 bits per heavy atom. The van der Waals surface area contributed by atoms with Crippen LogP contribution < -0.4 is 0 Å². The van der Waals surface area contributed by atoms with Crippen molar-refractivity contribution in [3.63, 3.8) is 0 Å². The molecule has 0 rings (SSSR count). The van der Waals surface area contributed by atoms with Crippen LogP contribution in [0, 0.1) is 0 Å². The summed E-state index contributed by atoms with van der Waals surface area (Å²) in [6.45, 7) is 2.88. The molecule has 0 bridgehead atoms. The summed E-state index contributed by atoms with van der Waals surface area (Å²) in [5.41, 5.74) is 0. The van der Waals surface area contributed by atoms with Gasteiger partial charge >= 0.3 is 0 Å². The number of hydrogen-bond acceptors (Lipinski definition) is 2. The van der Waals surface area contributed by atoms with Crippen LogP contribution >= 0.6 is 0 Å². The van der Waals surface area contributed by atoms with Crippen molar-refractivity contribution in [3.05, 3.63) is 0 Å². The van der Waals surface area contributed by atoms with Crippen LogP contribution in [0.1, 0.15) is 51.9 Å². The Labute approximate surface area is 89.6 Å². The number of nitrogens with zero attached hydrogens (tertiary/aromatic N) is 1. The monoisotopic (exact) mass is 221 g/mol. The average molecular weight is 221 g/mol. The molecule has 0 spiro atoms. The summed E-state index contributed by atoms with van der Waals surface area (Å²) in [5.74, 6) is 0. The summed E-state index contributed by atoms with van der Waals surface area (Å²) >= 11 is 0. The topological polar surface area (TPSA) is 37.4 Å². The van der Waals surface area contributed by atoms with Gasteiger partial charge in [-0.2, -0.15) is 0 Å². The van der Waals surface area contributed by atoms with E-state index in [1.54, 1.807) is 7.05 Å². The second kappa shape index (κ2) is 9.46. The third-order valence-electron chi connectivity index (χ3n) is 2.36. The van der Waals surface area contributed by atoms with E-state index < -0.39 is 10.9 Å². The molecule has 0 N–H and O–H groups in total. The molecule has 0 aromatic heterocycles. The normalized spacial score (nSPS) is 11.4. The maximum Gasteiger partial charge on any atom is 0.203 e. The second-order valence-corrected chi connectivity index (χ2v) is 4.90. The molecule has 4 heteroatoms. The largest absolute Gasteiger partial charge is 0.215 e. The lowest BCUT2D eigenvalue weighted by Crippen LogP contribution is -2.17. The lowest BCUT2D eigenvalue weighted by molar-refractivity contribution is 0.463. The van der Waals surface area contributed by atoms with Gasteiger partial charge in [-0.05, 0) is 6.42 Å². The SMILES string of the molecule is CCCCCCCCCN(C)[SH](=O)=O. The molecular weight excluding hydrogens is 198 g/mol. The molecular formula is C10H23NO2S. The fraction of sp³-hybridized carbons (Fsp3) is 1.00. The second-order valence-electron chi connectivity index (χ2n) is 3.74. The van der Waals surface area contributed by atoms with Gasteiger partial charge in [0.15, 0.2) is 0 Å². The zero-order chi connectivity index (χ0) is 10.8. The van der Waals surface area contributed by atoms with E-state index in [0.29, 0.717) is 6.54 Å².